The van der Waals surface area contributed by atoms with Gasteiger partial charge in [-0.05, 0) is 58.0 Å². The zero-order valence-electron chi connectivity index (χ0n) is 17.1. The third-order valence-electron chi connectivity index (χ3n) is 5.22. The summed E-state index contributed by atoms with van der Waals surface area (Å²) in [6.07, 6.45) is 0. The molecule has 0 atom stereocenters. The summed E-state index contributed by atoms with van der Waals surface area (Å²) in [5.41, 5.74) is 7.06. The Morgan fingerprint density at radius 1 is 0.828 bits per heavy atom. The quantitative estimate of drug-likeness (QED) is 0.529. The highest BCUT2D eigenvalue weighted by atomic mass is 16.1. The van der Waals surface area contributed by atoms with Crippen LogP contribution in [0.3, 0.4) is 0 Å². The topological polar surface area (TPSA) is 51.9 Å². The van der Waals surface area contributed by atoms with Gasteiger partial charge < -0.3 is 9.88 Å². The SMILES string of the molecule is Cc1nn(-c2ccccc2)c(C)c1NC(=O)c1cc(C)n(-c2ccccc2)c1C. The van der Waals surface area contributed by atoms with Crippen molar-refractivity contribution in [2.24, 2.45) is 0 Å². The summed E-state index contributed by atoms with van der Waals surface area (Å²) in [5.74, 6) is -0.126. The van der Waals surface area contributed by atoms with E-state index in [1.807, 2.05) is 99.1 Å². The summed E-state index contributed by atoms with van der Waals surface area (Å²) in [6.45, 7) is 7.87. The summed E-state index contributed by atoms with van der Waals surface area (Å²) in [5, 5.41) is 7.70. The molecule has 1 amide bonds. The first-order valence-corrected chi connectivity index (χ1v) is 9.64. The average Bonchev–Trinajstić information content (AvgIpc) is 3.19. The van der Waals surface area contributed by atoms with Crippen LogP contribution >= 0.6 is 0 Å². The molecule has 2 aromatic carbocycles. The van der Waals surface area contributed by atoms with E-state index >= 15 is 0 Å². The molecule has 29 heavy (non-hydrogen) atoms. The number of amides is 1. The van der Waals surface area contributed by atoms with Gasteiger partial charge in [-0.15, -0.1) is 0 Å². The lowest BCUT2D eigenvalue weighted by molar-refractivity contribution is 0.102. The first kappa shape index (κ1) is 18.7. The van der Waals surface area contributed by atoms with Crippen LogP contribution < -0.4 is 5.32 Å². The Kier molecular flexibility index (Phi) is 4.80. The Balaban J connectivity index is 1.67. The highest BCUT2D eigenvalue weighted by Crippen LogP contribution is 2.26. The lowest BCUT2D eigenvalue weighted by Crippen LogP contribution is -2.14. The zero-order valence-corrected chi connectivity index (χ0v) is 17.1. The van der Waals surface area contributed by atoms with Crippen molar-refractivity contribution < 1.29 is 4.79 Å². The van der Waals surface area contributed by atoms with Gasteiger partial charge in [-0.25, -0.2) is 4.68 Å². The van der Waals surface area contributed by atoms with Gasteiger partial charge in [0.2, 0.25) is 0 Å². The first-order chi connectivity index (χ1) is 14.0. The molecular weight excluding hydrogens is 360 g/mol. The van der Waals surface area contributed by atoms with Crippen molar-refractivity contribution in [3.63, 3.8) is 0 Å². The van der Waals surface area contributed by atoms with Crippen molar-refractivity contribution in [1.82, 2.24) is 14.3 Å². The minimum atomic E-state index is -0.126. The molecule has 0 fully saturated rings. The molecule has 0 saturated heterocycles. The van der Waals surface area contributed by atoms with Gasteiger partial charge in [0.05, 0.1) is 28.3 Å². The number of nitrogens with zero attached hydrogens (tertiary/aromatic N) is 3. The molecule has 5 heteroatoms. The second-order valence-corrected chi connectivity index (χ2v) is 7.20. The van der Waals surface area contributed by atoms with Crippen molar-refractivity contribution in [2.75, 3.05) is 5.32 Å². The normalized spacial score (nSPS) is 10.9. The number of carbonyl (C=O) groups is 1. The summed E-state index contributed by atoms with van der Waals surface area (Å²) >= 11 is 0. The fourth-order valence-electron chi connectivity index (χ4n) is 3.79. The smallest absolute Gasteiger partial charge is 0.257 e. The van der Waals surface area contributed by atoms with Crippen LogP contribution in [0.15, 0.2) is 66.7 Å². The van der Waals surface area contributed by atoms with Crippen LogP contribution in [0.2, 0.25) is 0 Å². The molecule has 0 saturated carbocycles. The fourth-order valence-corrected chi connectivity index (χ4v) is 3.79. The van der Waals surface area contributed by atoms with Crippen molar-refractivity contribution in [2.45, 2.75) is 27.7 Å². The molecule has 0 spiro atoms. The van der Waals surface area contributed by atoms with E-state index in [4.69, 9.17) is 0 Å². The number of aromatic nitrogens is 3. The van der Waals surface area contributed by atoms with E-state index in [-0.39, 0.29) is 5.91 Å². The molecule has 0 bridgehead atoms. The zero-order chi connectivity index (χ0) is 20.5. The Bertz CT molecular complexity index is 1170. The van der Waals surface area contributed by atoms with Crippen LogP contribution in [0, 0.1) is 27.7 Å². The lowest BCUT2D eigenvalue weighted by atomic mass is 10.2. The second-order valence-electron chi connectivity index (χ2n) is 7.20. The van der Waals surface area contributed by atoms with Gasteiger partial charge in [0, 0.05) is 17.1 Å². The Morgan fingerprint density at radius 2 is 1.41 bits per heavy atom. The van der Waals surface area contributed by atoms with E-state index in [0.29, 0.717) is 5.56 Å². The van der Waals surface area contributed by atoms with E-state index < -0.39 is 0 Å². The van der Waals surface area contributed by atoms with E-state index in [1.165, 1.54) is 0 Å². The number of para-hydroxylation sites is 2. The maximum absolute atomic E-state index is 13.1. The molecule has 1 N–H and O–H groups in total. The Labute approximate surface area is 170 Å². The van der Waals surface area contributed by atoms with Crippen molar-refractivity contribution in [1.29, 1.82) is 0 Å². The number of carbonyl (C=O) groups excluding carboxylic acids is 1. The molecule has 2 heterocycles. The Morgan fingerprint density at radius 3 is 2.03 bits per heavy atom. The molecule has 4 rings (SSSR count). The maximum atomic E-state index is 13.1. The third-order valence-corrected chi connectivity index (χ3v) is 5.22. The monoisotopic (exact) mass is 384 g/mol. The van der Waals surface area contributed by atoms with Gasteiger partial charge in [-0.1, -0.05) is 36.4 Å². The van der Waals surface area contributed by atoms with Gasteiger partial charge in [-0.3, -0.25) is 4.79 Å². The minimum absolute atomic E-state index is 0.126. The van der Waals surface area contributed by atoms with E-state index in [2.05, 4.69) is 15.0 Å². The predicted octanol–water partition coefficient (Wildman–Crippen LogP) is 5.15. The molecule has 0 aliphatic rings. The molecule has 2 aromatic heterocycles. The number of benzene rings is 2. The average molecular weight is 384 g/mol. The van der Waals surface area contributed by atoms with Crippen molar-refractivity contribution >= 4 is 11.6 Å². The van der Waals surface area contributed by atoms with Crippen LogP contribution in [0.25, 0.3) is 11.4 Å². The van der Waals surface area contributed by atoms with Crippen LogP contribution in [-0.4, -0.2) is 20.3 Å². The van der Waals surface area contributed by atoms with Gasteiger partial charge in [0.15, 0.2) is 0 Å². The van der Waals surface area contributed by atoms with E-state index in [0.717, 1.165) is 39.8 Å². The van der Waals surface area contributed by atoms with Crippen LogP contribution in [-0.2, 0) is 0 Å². The summed E-state index contributed by atoms with van der Waals surface area (Å²) in [4.78, 5) is 13.1. The molecular formula is C24H24N4O. The minimum Gasteiger partial charge on any atom is -0.319 e. The van der Waals surface area contributed by atoms with Crippen LogP contribution in [0.1, 0.15) is 33.1 Å². The number of hydrogen-bond donors (Lipinski definition) is 1. The van der Waals surface area contributed by atoms with Gasteiger partial charge in [-0.2, -0.15) is 5.10 Å². The van der Waals surface area contributed by atoms with Gasteiger partial charge >= 0.3 is 0 Å². The summed E-state index contributed by atoms with van der Waals surface area (Å²) in [6, 6.07) is 21.9. The van der Waals surface area contributed by atoms with E-state index in [9.17, 15) is 4.79 Å². The second kappa shape index (κ2) is 7.43. The fraction of sp³-hybridized carbons (Fsp3) is 0.167. The molecule has 4 aromatic rings. The molecule has 0 aliphatic heterocycles. The summed E-state index contributed by atoms with van der Waals surface area (Å²) < 4.78 is 3.96. The predicted molar refractivity (Wildman–Crippen MR) is 116 cm³/mol. The first-order valence-electron chi connectivity index (χ1n) is 9.64. The lowest BCUT2D eigenvalue weighted by Gasteiger charge is -2.10. The third kappa shape index (κ3) is 3.36. The molecule has 0 unspecified atom stereocenters. The highest BCUT2D eigenvalue weighted by Gasteiger charge is 2.20. The van der Waals surface area contributed by atoms with Crippen molar-refractivity contribution in [3.8, 4) is 11.4 Å². The standard InChI is InChI=1S/C24H24N4O/c1-16-15-22(18(3)27(16)20-11-7-5-8-12-20)24(29)25-23-17(2)26-28(19(23)4)21-13-9-6-10-14-21/h5-15H,1-4H3,(H,25,29). The van der Waals surface area contributed by atoms with E-state index in [1.54, 1.807) is 0 Å². The van der Waals surface area contributed by atoms with Crippen molar-refractivity contribution in [3.05, 3.63) is 95.1 Å². The van der Waals surface area contributed by atoms with Gasteiger partial charge in [0.1, 0.15) is 0 Å². The molecule has 146 valence electrons. The molecule has 0 radical (unpaired) electrons. The number of aryl methyl sites for hydroxylation is 2. The summed E-state index contributed by atoms with van der Waals surface area (Å²) in [7, 11) is 0. The maximum Gasteiger partial charge on any atom is 0.257 e. The number of anilines is 1. The van der Waals surface area contributed by atoms with Gasteiger partial charge in [0.25, 0.3) is 5.91 Å². The van der Waals surface area contributed by atoms with Crippen LogP contribution in [0.4, 0.5) is 5.69 Å². The number of rotatable bonds is 4. The number of nitrogens with one attached hydrogen (secondary N) is 1. The number of hydrogen-bond acceptors (Lipinski definition) is 2. The Hall–Kier alpha value is -3.60. The highest BCUT2D eigenvalue weighted by molar-refractivity contribution is 6.06. The largest absolute Gasteiger partial charge is 0.319 e. The molecule has 5 nitrogen and oxygen atoms in total. The molecule has 0 aliphatic carbocycles. The van der Waals surface area contributed by atoms with Crippen LogP contribution in [0.5, 0.6) is 0 Å².